The molecule has 1 fully saturated rings. The number of benzene rings is 2. The SMILES string of the molecule is Cc1cc(C)c(OCC(=O)Nc2ccc(N3CCCCC3)cc2)c(Br)c1. The fourth-order valence-electron chi connectivity index (χ4n) is 3.33. The van der Waals surface area contributed by atoms with Crippen molar-refractivity contribution in [3.8, 4) is 5.75 Å². The van der Waals surface area contributed by atoms with Crippen LogP contribution in [0, 0.1) is 13.8 Å². The van der Waals surface area contributed by atoms with Gasteiger partial charge in [0.2, 0.25) is 0 Å². The maximum Gasteiger partial charge on any atom is 0.262 e. The standard InChI is InChI=1S/C21H25BrN2O2/c1-15-12-16(2)21(19(22)13-15)26-14-20(25)23-17-6-8-18(9-7-17)24-10-4-3-5-11-24/h6-9,12-13H,3-5,10-11,14H2,1-2H3,(H,23,25). The molecule has 1 amide bonds. The van der Waals surface area contributed by atoms with Crippen molar-refractivity contribution in [1.82, 2.24) is 0 Å². The fraction of sp³-hybridized carbons (Fsp3) is 0.381. The summed E-state index contributed by atoms with van der Waals surface area (Å²) in [6.07, 6.45) is 3.83. The van der Waals surface area contributed by atoms with Crippen LogP contribution in [0.25, 0.3) is 0 Å². The number of carbonyl (C=O) groups is 1. The van der Waals surface area contributed by atoms with E-state index in [2.05, 4.69) is 38.3 Å². The van der Waals surface area contributed by atoms with E-state index >= 15 is 0 Å². The summed E-state index contributed by atoms with van der Waals surface area (Å²) in [5.74, 6) is 0.550. The summed E-state index contributed by atoms with van der Waals surface area (Å²) in [4.78, 5) is 14.6. The molecule has 0 atom stereocenters. The maximum absolute atomic E-state index is 12.2. The Labute approximate surface area is 163 Å². The van der Waals surface area contributed by atoms with E-state index in [0.717, 1.165) is 34.4 Å². The summed E-state index contributed by atoms with van der Waals surface area (Å²) >= 11 is 3.50. The number of amides is 1. The molecule has 0 aliphatic carbocycles. The molecule has 26 heavy (non-hydrogen) atoms. The van der Waals surface area contributed by atoms with Crippen molar-refractivity contribution in [2.45, 2.75) is 33.1 Å². The van der Waals surface area contributed by atoms with Gasteiger partial charge in [0.05, 0.1) is 4.47 Å². The van der Waals surface area contributed by atoms with Crippen molar-refractivity contribution in [2.24, 2.45) is 0 Å². The molecule has 0 unspecified atom stereocenters. The van der Waals surface area contributed by atoms with Crippen molar-refractivity contribution in [1.29, 1.82) is 0 Å². The van der Waals surface area contributed by atoms with Gasteiger partial charge >= 0.3 is 0 Å². The van der Waals surface area contributed by atoms with E-state index in [1.807, 2.05) is 38.1 Å². The van der Waals surface area contributed by atoms with Gasteiger partial charge in [-0.2, -0.15) is 0 Å². The molecule has 1 aliphatic rings. The quantitative estimate of drug-likeness (QED) is 0.738. The molecule has 1 N–H and O–H groups in total. The van der Waals surface area contributed by atoms with E-state index in [9.17, 15) is 4.79 Å². The van der Waals surface area contributed by atoms with Gasteiger partial charge in [-0.1, -0.05) is 6.07 Å². The van der Waals surface area contributed by atoms with Gasteiger partial charge in [0.25, 0.3) is 5.91 Å². The number of anilines is 2. The zero-order valence-corrected chi connectivity index (χ0v) is 16.9. The smallest absolute Gasteiger partial charge is 0.262 e. The van der Waals surface area contributed by atoms with Gasteiger partial charge in [-0.3, -0.25) is 4.79 Å². The lowest BCUT2D eigenvalue weighted by atomic mass is 10.1. The second kappa shape index (κ2) is 8.58. The van der Waals surface area contributed by atoms with E-state index in [1.54, 1.807) is 0 Å². The van der Waals surface area contributed by atoms with Crippen LogP contribution in [-0.4, -0.2) is 25.6 Å². The Kier molecular flexibility index (Phi) is 6.20. The van der Waals surface area contributed by atoms with Gasteiger partial charge < -0.3 is 15.0 Å². The minimum absolute atomic E-state index is 0.0175. The van der Waals surface area contributed by atoms with Crippen molar-refractivity contribution < 1.29 is 9.53 Å². The van der Waals surface area contributed by atoms with E-state index in [-0.39, 0.29) is 12.5 Å². The third kappa shape index (κ3) is 4.79. The predicted octanol–water partition coefficient (Wildman–Crippen LogP) is 5.07. The highest BCUT2D eigenvalue weighted by Gasteiger charge is 2.12. The number of nitrogens with one attached hydrogen (secondary N) is 1. The van der Waals surface area contributed by atoms with E-state index in [4.69, 9.17) is 4.74 Å². The Morgan fingerprint density at radius 3 is 2.46 bits per heavy atom. The van der Waals surface area contributed by atoms with Crippen molar-refractivity contribution >= 4 is 33.2 Å². The molecular weight excluding hydrogens is 392 g/mol. The average Bonchev–Trinajstić information content (AvgIpc) is 2.62. The monoisotopic (exact) mass is 416 g/mol. The first-order valence-corrected chi connectivity index (χ1v) is 9.86. The molecule has 0 bridgehead atoms. The Morgan fingerprint density at radius 2 is 1.81 bits per heavy atom. The number of hydrogen-bond donors (Lipinski definition) is 1. The lowest BCUT2D eigenvalue weighted by Gasteiger charge is -2.28. The first kappa shape index (κ1) is 18.8. The zero-order chi connectivity index (χ0) is 18.5. The number of aryl methyl sites for hydroxylation is 2. The summed E-state index contributed by atoms with van der Waals surface area (Å²) in [7, 11) is 0. The predicted molar refractivity (Wildman–Crippen MR) is 110 cm³/mol. The van der Waals surface area contributed by atoms with E-state index in [0.29, 0.717) is 5.75 Å². The van der Waals surface area contributed by atoms with Crippen LogP contribution in [0.15, 0.2) is 40.9 Å². The van der Waals surface area contributed by atoms with Gasteiger partial charge in [0.15, 0.2) is 6.61 Å². The molecule has 2 aromatic rings. The van der Waals surface area contributed by atoms with Crippen LogP contribution in [0.4, 0.5) is 11.4 Å². The Bertz CT molecular complexity index is 745. The number of nitrogens with zero attached hydrogens (tertiary/aromatic N) is 1. The Hall–Kier alpha value is -2.01. The number of piperidine rings is 1. The lowest BCUT2D eigenvalue weighted by molar-refractivity contribution is -0.118. The van der Waals surface area contributed by atoms with Crippen LogP contribution in [0.2, 0.25) is 0 Å². The van der Waals surface area contributed by atoms with Crippen LogP contribution >= 0.6 is 15.9 Å². The molecule has 5 heteroatoms. The average molecular weight is 417 g/mol. The number of hydrogen-bond acceptors (Lipinski definition) is 3. The summed E-state index contributed by atoms with van der Waals surface area (Å²) in [6, 6.07) is 12.1. The highest BCUT2D eigenvalue weighted by atomic mass is 79.9. The van der Waals surface area contributed by atoms with E-state index in [1.165, 1.54) is 24.9 Å². The van der Waals surface area contributed by atoms with Crippen molar-refractivity contribution in [2.75, 3.05) is 29.9 Å². The van der Waals surface area contributed by atoms with E-state index < -0.39 is 0 Å². The van der Waals surface area contributed by atoms with Crippen LogP contribution in [0.5, 0.6) is 5.75 Å². The van der Waals surface area contributed by atoms with Gasteiger partial charge in [0.1, 0.15) is 5.75 Å². The molecule has 0 saturated carbocycles. The molecule has 4 nitrogen and oxygen atoms in total. The number of halogens is 1. The van der Waals surface area contributed by atoms with Crippen LogP contribution in [-0.2, 0) is 4.79 Å². The second-order valence-corrected chi connectivity index (χ2v) is 7.68. The molecule has 2 aromatic carbocycles. The summed E-state index contributed by atoms with van der Waals surface area (Å²) in [6.45, 7) is 6.22. The molecule has 0 radical (unpaired) electrons. The molecule has 3 rings (SSSR count). The van der Waals surface area contributed by atoms with Crippen LogP contribution < -0.4 is 15.0 Å². The third-order valence-electron chi connectivity index (χ3n) is 4.59. The van der Waals surface area contributed by atoms with Gasteiger partial charge in [-0.25, -0.2) is 0 Å². The van der Waals surface area contributed by atoms with Gasteiger partial charge in [-0.05, 0) is 90.5 Å². The lowest BCUT2D eigenvalue weighted by Crippen LogP contribution is -2.29. The Balaban J connectivity index is 1.55. The number of ether oxygens (including phenoxy) is 1. The van der Waals surface area contributed by atoms with Crippen molar-refractivity contribution in [3.05, 3.63) is 52.0 Å². The second-order valence-electron chi connectivity index (χ2n) is 6.82. The third-order valence-corrected chi connectivity index (χ3v) is 5.18. The van der Waals surface area contributed by atoms with Crippen molar-refractivity contribution in [3.63, 3.8) is 0 Å². The largest absolute Gasteiger partial charge is 0.482 e. The molecule has 138 valence electrons. The normalized spacial score (nSPS) is 14.2. The molecule has 1 saturated heterocycles. The first-order chi connectivity index (χ1) is 12.5. The summed E-state index contributed by atoms with van der Waals surface area (Å²) < 4.78 is 6.58. The van der Waals surface area contributed by atoms with Crippen LogP contribution in [0.3, 0.4) is 0 Å². The molecule has 0 aromatic heterocycles. The first-order valence-electron chi connectivity index (χ1n) is 9.07. The zero-order valence-electron chi connectivity index (χ0n) is 15.3. The molecule has 0 spiro atoms. The number of rotatable bonds is 5. The highest BCUT2D eigenvalue weighted by molar-refractivity contribution is 9.10. The number of carbonyl (C=O) groups excluding carboxylic acids is 1. The fourth-order valence-corrected chi connectivity index (χ4v) is 4.12. The molecular formula is C21H25BrN2O2. The maximum atomic E-state index is 12.2. The highest BCUT2D eigenvalue weighted by Crippen LogP contribution is 2.30. The Morgan fingerprint density at radius 1 is 1.12 bits per heavy atom. The van der Waals surface area contributed by atoms with Gasteiger partial charge in [0, 0.05) is 24.5 Å². The minimum atomic E-state index is -0.164. The minimum Gasteiger partial charge on any atom is -0.482 e. The molecule has 1 aliphatic heterocycles. The summed E-state index contributed by atoms with van der Waals surface area (Å²) in [5, 5.41) is 2.89. The van der Waals surface area contributed by atoms with Crippen LogP contribution in [0.1, 0.15) is 30.4 Å². The topological polar surface area (TPSA) is 41.6 Å². The van der Waals surface area contributed by atoms with Gasteiger partial charge in [-0.15, -0.1) is 0 Å². The summed E-state index contributed by atoms with van der Waals surface area (Å²) in [5.41, 5.74) is 4.17. The molecule has 1 heterocycles.